The van der Waals surface area contributed by atoms with Gasteiger partial charge in [-0.3, -0.25) is 4.79 Å². The van der Waals surface area contributed by atoms with Gasteiger partial charge in [-0.1, -0.05) is 36.4 Å². The van der Waals surface area contributed by atoms with Gasteiger partial charge >= 0.3 is 0 Å². The first-order valence-electron chi connectivity index (χ1n) is 6.71. The summed E-state index contributed by atoms with van der Waals surface area (Å²) in [6.45, 7) is 0. The standard InChI is InChI=1S/C18H15NOS/c1-21-15-11-9-14(10-12-15)19-18(20)17-8-4-6-13-5-2-3-7-16(13)17/h2-12H,1H3,(H,19,20). The number of benzene rings is 3. The van der Waals surface area contributed by atoms with E-state index in [2.05, 4.69) is 5.32 Å². The van der Waals surface area contributed by atoms with Crippen LogP contribution in [-0.4, -0.2) is 12.2 Å². The summed E-state index contributed by atoms with van der Waals surface area (Å²) in [5.74, 6) is -0.0799. The molecule has 0 atom stereocenters. The van der Waals surface area contributed by atoms with Crippen LogP contribution in [0.3, 0.4) is 0 Å². The van der Waals surface area contributed by atoms with Crippen molar-refractivity contribution in [1.82, 2.24) is 0 Å². The fourth-order valence-electron chi connectivity index (χ4n) is 2.30. The molecule has 1 N–H and O–H groups in total. The maximum Gasteiger partial charge on any atom is 0.256 e. The lowest BCUT2D eigenvalue weighted by Gasteiger charge is -2.08. The molecule has 21 heavy (non-hydrogen) atoms. The average molecular weight is 293 g/mol. The Morgan fingerprint density at radius 2 is 1.62 bits per heavy atom. The number of hydrogen-bond acceptors (Lipinski definition) is 2. The van der Waals surface area contributed by atoms with Crippen LogP contribution in [0.5, 0.6) is 0 Å². The molecule has 0 aliphatic rings. The number of carbonyl (C=O) groups is 1. The van der Waals surface area contributed by atoms with Gasteiger partial charge in [0.1, 0.15) is 0 Å². The molecule has 3 aromatic carbocycles. The molecule has 0 aromatic heterocycles. The molecule has 3 heteroatoms. The van der Waals surface area contributed by atoms with Crippen LogP contribution >= 0.6 is 11.8 Å². The predicted octanol–water partition coefficient (Wildman–Crippen LogP) is 4.81. The second-order valence-corrected chi connectivity index (χ2v) is 5.59. The molecular weight excluding hydrogens is 278 g/mol. The van der Waals surface area contributed by atoms with E-state index < -0.39 is 0 Å². The van der Waals surface area contributed by atoms with Crippen LogP contribution in [-0.2, 0) is 0 Å². The van der Waals surface area contributed by atoms with Gasteiger partial charge in [0.05, 0.1) is 0 Å². The summed E-state index contributed by atoms with van der Waals surface area (Å²) in [7, 11) is 0. The van der Waals surface area contributed by atoms with E-state index >= 15 is 0 Å². The number of carbonyl (C=O) groups excluding carboxylic acids is 1. The van der Waals surface area contributed by atoms with E-state index in [0.717, 1.165) is 16.5 Å². The highest BCUT2D eigenvalue weighted by atomic mass is 32.2. The summed E-state index contributed by atoms with van der Waals surface area (Å²) in [5, 5.41) is 5.00. The van der Waals surface area contributed by atoms with Crippen molar-refractivity contribution in [2.75, 3.05) is 11.6 Å². The van der Waals surface area contributed by atoms with Gasteiger partial charge in [0.15, 0.2) is 0 Å². The highest BCUT2D eigenvalue weighted by Crippen LogP contribution is 2.21. The van der Waals surface area contributed by atoms with Gasteiger partial charge in [0, 0.05) is 16.1 Å². The molecule has 3 rings (SSSR count). The summed E-state index contributed by atoms with van der Waals surface area (Å²) < 4.78 is 0. The maximum absolute atomic E-state index is 12.5. The van der Waals surface area contributed by atoms with Crippen LogP contribution in [0, 0.1) is 0 Å². The third kappa shape index (κ3) is 2.93. The van der Waals surface area contributed by atoms with Crippen molar-refractivity contribution in [3.63, 3.8) is 0 Å². The van der Waals surface area contributed by atoms with Crippen LogP contribution in [0.2, 0.25) is 0 Å². The number of hydrogen-bond donors (Lipinski definition) is 1. The zero-order valence-electron chi connectivity index (χ0n) is 11.7. The second kappa shape index (κ2) is 6.02. The molecule has 0 aliphatic carbocycles. The number of thioether (sulfide) groups is 1. The minimum Gasteiger partial charge on any atom is -0.322 e. The Balaban J connectivity index is 1.90. The van der Waals surface area contributed by atoms with Crippen LogP contribution in [0.1, 0.15) is 10.4 Å². The first-order chi connectivity index (χ1) is 10.3. The molecule has 0 saturated heterocycles. The first-order valence-corrected chi connectivity index (χ1v) is 7.93. The lowest BCUT2D eigenvalue weighted by molar-refractivity contribution is 0.102. The molecule has 0 radical (unpaired) electrons. The number of amides is 1. The largest absolute Gasteiger partial charge is 0.322 e. The summed E-state index contributed by atoms with van der Waals surface area (Å²) >= 11 is 1.68. The Morgan fingerprint density at radius 3 is 2.38 bits per heavy atom. The summed E-state index contributed by atoms with van der Waals surface area (Å²) in [6, 6.07) is 21.6. The van der Waals surface area contributed by atoms with Gasteiger partial charge in [-0.05, 0) is 47.4 Å². The van der Waals surface area contributed by atoms with E-state index in [1.54, 1.807) is 11.8 Å². The van der Waals surface area contributed by atoms with Gasteiger partial charge < -0.3 is 5.32 Å². The van der Waals surface area contributed by atoms with Gasteiger partial charge in [-0.2, -0.15) is 0 Å². The molecule has 104 valence electrons. The topological polar surface area (TPSA) is 29.1 Å². The molecule has 0 unspecified atom stereocenters. The summed E-state index contributed by atoms with van der Waals surface area (Å²) in [4.78, 5) is 13.6. The molecule has 0 bridgehead atoms. The third-order valence-corrected chi connectivity index (χ3v) is 4.13. The summed E-state index contributed by atoms with van der Waals surface area (Å²) in [6.07, 6.45) is 2.03. The molecule has 0 heterocycles. The van der Waals surface area contributed by atoms with Crippen molar-refractivity contribution in [3.05, 3.63) is 72.3 Å². The van der Waals surface area contributed by atoms with Crippen molar-refractivity contribution >= 4 is 34.1 Å². The highest BCUT2D eigenvalue weighted by molar-refractivity contribution is 7.98. The molecule has 0 fully saturated rings. The SMILES string of the molecule is CSc1ccc(NC(=O)c2cccc3ccccc23)cc1. The zero-order chi connectivity index (χ0) is 14.7. The first kappa shape index (κ1) is 13.7. The minimum atomic E-state index is -0.0799. The average Bonchev–Trinajstić information content (AvgIpc) is 2.55. The van der Waals surface area contributed by atoms with Crippen molar-refractivity contribution in [3.8, 4) is 0 Å². The lowest BCUT2D eigenvalue weighted by atomic mass is 10.0. The van der Waals surface area contributed by atoms with Gasteiger partial charge in [-0.25, -0.2) is 0 Å². The van der Waals surface area contributed by atoms with Crippen LogP contribution < -0.4 is 5.32 Å². The Morgan fingerprint density at radius 1 is 0.905 bits per heavy atom. The number of fused-ring (bicyclic) bond motifs is 1. The monoisotopic (exact) mass is 293 g/mol. The third-order valence-electron chi connectivity index (χ3n) is 3.38. The van der Waals surface area contributed by atoms with Gasteiger partial charge in [-0.15, -0.1) is 11.8 Å². The second-order valence-electron chi connectivity index (χ2n) is 4.71. The molecule has 1 amide bonds. The van der Waals surface area contributed by atoms with Crippen molar-refractivity contribution in [1.29, 1.82) is 0 Å². The Labute approximate surface area is 128 Å². The Bertz CT molecular complexity index is 775. The van der Waals surface area contributed by atoms with Crippen molar-refractivity contribution in [2.24, 2.45) is 0 Å². The van der Waals surface area contributed by atoms with Crippen LogP contribution in [0.25, 0.3) is 10.8 Å². The van der Waals surface area contributed by atoms with E-state index in [1.807, 2.05) is 73.0 Å². The molecule has 3 aromatic rings. The lowest BCUT2D eigenvalue weighted by Crippen LogP contribution is -2.12. The van der Waals surface area contributed by atoms with Crippen LogP contribution in [0.15, 0.2) is 71.6 Å². The van der Waals surface area contributed by atoms with E-state index in [1.165, 1.54) is 4.90 Å². The molecular formula is C18H15NOS. The van der Waals surface area contributed by atoms with E-state index in [-0.39, 0.29) is 5.91 Å². The number of anilines is 1. The van der Waals surface area contributed by atoms with E-state index in [9.17, 15) is 4.79 Å². The molecule has 0 aliphatic heterocycles. The highest BCUT2D eigenvalue weighted by Gasteiger charge is 2.09. The zero-order valence-corrected chi connectivity index (χ0v) is 12.5. The van der Waals surface area contributed by atoms with Gasteiger partial charge in [0.2, 0.25) is 0 Å². The normalized spacial score (nSPS) is 10.5. The van der Waals surface area contributed by atoms with Gasteiger partial charge in [0.25, 0.3) is 5.91 Å². The van der Waals surface area contributed by atoms with Crippen molar-refractivity contribution < 1.29 is 4.79 Å². The van der Waals surface area contributed by atoms with Crippen molar-refractivity contribution in [2.45, 2.75) is 4.90 Å². The summed E-state index contributed by atoms with van der Waals surface area (Å²) in [5.41, 5.74) is 1.51. The van der Waals surface area contributed by atoms with Crippen LogP contribution in [0.4, 0.5) is 5.69 Å². The Kier molecular flexibility index (Phi) is 3.93. The fraction of sp³-hybridized carbons (Fsp3) is 0.0556. The number of rotatable bonds is 3. The quantitative estimate of drug-likeness (QED) is 0.702. The number of nitrogens with one attached hydrogen (secondary N) is 1. The molecule has 0 spiro atoms. The van der Waals surface area contributed by atoms with E-state index in [4.69, 9.17) is 0 Å². The minimum absolute atomic E-state index is 0.0799. The molecule has 2 nitrogen and oxygen atoms in total. The fourth-order valence-corrected chi connectivity index (χ4v) is 2.70. The smallest absolute Gasteiger partial charge is 0.256 e. The predicted molar refractivity (Wildman–Crippen MR) is 90.1 cm³/mol. The molecule has 0 saturated carbocycles. The maximum atomic E-state index is 12.5. The Hall–Kier alpha value is -2.26. The van der Waals surface area contributed by atoms with E-state index in [0.29, 0.717) is 5.56 Å².